The van der Waals surface area contributed by atoms with Gasteiger partial charge in [-0.05, 0) is 79.1 Å². The van der Waals surface area contributed by atoms with E-state index in [4.69, 9.17) is 20.9 Å². The Labute approximate surface area is 221 Å². The molecule has 2 aromatic carbocycles. The minimum atomic E-state index is -0.442. The van der Waals surface area contributed by atoms with Gasteiger partial charge in [-0.15, -0.1) is 0 Å². The zero-order chi connectivity index (χ0) is 26.5. The molecular formula is C31H42N2O4. The molecule has 0 atom stereocenters. The number of esters is 2. The third kappa shape index (κ3) is 9.95. The van der Waals surface area contributed by atoms with Crippen molar-refractivity contribution in [3.8, 4) is 0 Å². The van der Waals surface area contributed by atoms with Gasteiger partial charge in [0.2, 0.25) is 0 Å². The number of carbonyl (C=O) groups excluding carboxylic acids is 2. The van der Waals surface area contributed by atoms with Crippen molar-refractivity contribution in [2.24, 2.45) is 5.92 Å². The summed E-state index contributed by atoms with van der Waals surface area (Å²) in [6, 6.07) is 12.3. The normalized spacial score (nSPS) is 17.5. The van der Waals surface area contributed by atoms with Crippen LogP contribution in [0.4, 0.5) is 11.4 Å². The SMILES string of the molecule is CCCCCCCC1CCC(OC(=O)c2ccc(/C=C/C(=O)OCCc3cc(N)ccc3N)cc2)CC1. The number of nitrogens with two attached hydrogens (primary N) is 2. The number of nitrogen functional groups attached to an aromatic ring is 2. The van der Waals surface area contributed by atoms with Crippen molar-refractivity contribution in [3.63, 3.8) is 0 Å². The van der Waals surface area contributed by atoms with Crippen LogP contribution in [-0.2, 0) is 20.7 Å². The minimum absolute atomic E-state index is 0.0147. The summed E-state index contributed by atoms with van der Waals surface area (Å²) in [7, 11) is 0. The number of hydrogen-bond donors (Lipinski definition) is 2. The first kappa shape index (κ1) is 28.3. The van der Waals surface area contributed by atoms with Gasteiger partial charge in [0.25, 0.3) is 0 Å². The van der Waals surface area contributed by atoms with Gasteiger partial charge in [0.05, 0.1) is 12.2 Å². The van der Waals surface area contributed by atoms with Crippen LogP contribution in [0.3, 0.4) is 0 Å². The molecule has 6 nitrogen and oxygen atoms in total. The lowest BCUT2D eigenvalue weighted by atomic mass is 9.84. The zero-order valence-electron chi connectivity index (χ0n) is 22.1. The van der Waals surface area contributed by atoms with Crippen molar-refractivity contribution in [2.75, 3.05) is 18.1 Å². The Kier molecular flexibility index (Phi) is 11.5. The molecule has 37 heavy (non-hydrogen) atoms. The fourth-order valence-corrected chi connectivity index (χ4v) is 4.84. The van der Waals surface area contributed by atoms with Gasteiger partial charge >= 0.3 is 11.9 Å². The first-order chi connectivity index (χ1) is 17.9. The molecule has 6 heteroatoms. The van der Waals surface area contributed by atoms with Crippen molar-refractivity contribution in [2.45, 2.75) is 83.7 Å². The highest BCUT2D eigenvalue weighted by Gasteiger charge is 2.24. The van der Waals surface area contributed by atoms with Crippen LogP contribution in [0.15, 0.2) is 48.5 Å². The maximum Gasteiger partial charge on any atom is 0.338 e. The average Bonchev–Trinajstić information content (AvgIpc) is 2.90. The molecule has 0 aromatic heterocycles. The second kappa shape index (κ2) is 15.1. The number of benzene rings is 2. The highest BCUT2D eigenvalue weighted by Crippen LogP contribution is 2.30. The maximum absolute atomic E-state index is 12.6. The lowest BCUT2D eigenvalue weighted by Crippen LogP contribution is -2.24. The summed E-state index contributed by atoms with van der Waals surface area (Å²) in [6.45, 7) is 2.46. The molecule has 1 aliphatic carbocycles. The van der Waals surface area contributed by atoms with E-state index in [2.05, 4.69) is 6.92 Å². The smallest absolute Gasteiger partial charge is 0.338 e. The molecule has 0 bridgehead atoms. The molecule has 0 spiro atoms. The molecular weight excluding hydrogens is 464 g/mol. The highest BCUT2D eigenvalue weighted by molar-refractivity contribution is 5.90. The van der Waals surface area contributed by atoms with E-state index in [1.165, 1.54) is 44.6 Å². The summed E-state index contributed by atoms with van der Waals surface area (Å²) in [5.41, 5.74) is 15.1. The Morgan fingerprint density at radius 2 is 1.68 bits per heavy atom. The molecule has 0 radical (unpaired) electrons. The molecule has 200 valence electrons. The van der Waals surface area contributed by atoms with Crippen LogP contribution in [-0.4, -0.2) is 24.6 Å². The van der Waals surface area contributed by atoms with E-state index in [0.29, 0.717) is 23.4 Å². The molecule has 0 saturated heterocycles. The Hall–Kier alpha value is -3.28. The zero-order valence-corrected chi connectivity index (χ0v) is 22.1. The van der Waals surface area contributed by atoms with E-state index < -0.39 is 5.97 Å². The fourth-order valence-electron chi connectivity index (χ4n) is 4.84. The summed E-state index contributed by atoms with van der Waals surface area (Å²) in [6.07, 6.45) is 15.7. The van der Waals surface area contributed by atoms with Gasteiger partial charge in [0, 0.05) is 23.9 Å². The van der Waals surface area contributed by atoms with Gasteiger partial charge in [0.15, 0.2) is 0 Å². The molecule has 0 heterocycles. The standard InChI is InChI=1S/C31H42N2O4/c1-2-3-4-5-6-7-23-10-16-28(17-11-23)37-31(35)25-13-8-24(9-14-25)12-19-30(34)36-21-20-26-22-27(32)15-18-29(26)33/h8-9,12-15,18-19,22-23,28H,2-7,10-11,16-17,20-21,32-33H2,1H3/b19-12+. The first-order valence-electron chi connectivity index (χ1n) is 13.7. The van der Waals surface area contributed by atoms with Crippen LogP contribution in [0.1, 0.15) is 92.6 Å². The lowest BCUT2D eigenvalue weighted by molar-refractivity contribution is -0.137. The van der Waals surface area contributed by atoms with Gasteiger partial charge in [-0.25, -0.2) is 9.59 Å². The molecule has 0 unspecified atom stereocenters. The van der Waals surface area contributed by atoms with Crippen LogP contribution < -0.4 is 11.5 Å². The predicted octanol–water partition coefficient (Wildman–Crippen LogP) is 6.73. The third-order valence-electron chi connectivity index (χ3n) is 7.12. The lowest BCUT2D eigenvalue weighted by Gasteiger charge is -2.28. The Morgan fingerprint density at radius 3 is 2.41 bits per heavy atom. The highest BCUT2D eigenvalue weighted by atomic mass is 16.5. The monoisotopic (exact) mass is 506 g/mol. The second-order valence-electron chi connectivity index (χ2n) is 10.1. The minimum Gasteiger partial charge on any atom is -0.462 e. The molecule has 4 N–H and O–H groups in total. The van der Waals surface area contributed by atoms with E-state index in [1.54, 1.807) is 48.5 Å². The van der Waals surface area contributed by atoms with Crippen LogP contribution in [0.25, 0.3) is 6.08 Å². The molecule has 3 rings (SSSR count). The second-order valence-corrected chi connectivity index (χ2v) is 10.1. The summed E-state index contributed by atoms with van der Waals surface area (Å²) in [5.74, 6) is 0.0610. The summed E-state index contributed by atoms with van der Waals surface area (Å²) < 4.78 is 11.0. The summed E-state index contributed by atoms with van der Waals surface area (Å²) >= 11 is 0. The predicted molar refractivity (Wildman–Crippen MR) is 150 cm³/mol. The third-order valence-corrected chi connectivity index (χ3v) is 7.12. The number of carbonyl (C=O) groups is 2. The summed E-state index contributed by atoms with van der Waals surface area (Å²) in [4.78, 5) is 24.6. The number of anilines is 2. The van der Waals surface area contributed by atoms with Crippen molar-refractivity contribution in [3.05, 3.63) is 65.2 Å². The Balaban J connectivity index is 1.35. The maximum atomic E-state index is 12.6. The van der Waals surface area contributed by atoms with Crippen LogP contribution in [0.2, 0.25) is 0 Å². The number of unbranched alkanes of at least 4 members (excludes halogenated alkanes) is 4. The van der Waals surface area contributed by atoms with Gasteiger partial charge in [-0.3, -0.25) is 0 Å². The van der Waals surface area contributed by atoms with Gasteiger partial charge in [-0.1, -0.05) is 57.6 Å². The van der Waals surface area contributed by atoms with Crippen LogP contribution in [0.5, 0.6) is 0 Å². The van der Waals surface area contributed by atoms with Crippen LogP contribution in [0, 0.1) is 5.92 Å². The number of rotatable bonds is 13. The van der Waals surface area contributed by atoms with Crippen molar-refractivity contribution in [1.29, 1.82) is 0 Å². The quantitative estimate of drug-likeness (QED) is 0.135. The van der Waals surface area contributed by atoms with Gasteiger partial charge in [0.1, 0.15) is 6.10 Å². The van der Waals surface area contributed by atoms with Gasteiger partial charge < -0.3 is 20.9 Å². The van der Waals surface area contributed by atoms with Gasteiger partial charge in [-0.2, -0.15) is 0 Å². The van der Waals surface area contributed by atoms with Crippen molar-refractivity contribution in [1.82, 2.24) is 0 Å². The van der Waals surface area contributed by atoms with Crippen molar-refractivity contribution < 1.29 is 19.1 Å². The first-order valence-corrected chi connectivity index (χ1v) is 13.7. The fraction of sp³-hybridized carbons (Fsp3) is 0.484. The topological polar surface area (TPSA) is 105 Å². The Bertz CT molecular complexity index is 1020. The molecule has 2 aromatic rings. The van der Waals surface area contributed by atoms with E-state index in [0.717, 1.165) is 42.7 Å². The largest absolute Gasteiger partial charge is 0.462 e. The van der Waals surface area contributed by atoms with E-state index >= 15 is 0 Å². The van der Waals surface area contributed by atoms with Crippen molar-refractivity contribution >= 4 is 29.4 Å². The molecule has 1 aliphatic rings. The number of ether oxygens (including phenoxy) is 2. The molecule has 0 amide bonds. The van der Waals surface area contributed by atoms with E-state index in [-0.39, 0.29) is 18.7 Å². The van der Waals surface area contributed by atoms with Crippen LogP contribution >= 0.6 is 0 Å². The molecule has 1 fully saturated rings. The average molecular weight is 507 g/mol. The van der Waals surface area contributed by atoms with E-state index in [1.807, 2.05) is 0 Å². The Morgan fingerprint density at radius 1 is 0.946 bits per heavy atom. The number of hydrogen-bond acceptors (Lipinski definition) is 6. The molecule has 0 aliphatic heterocycles. The summed E-state index contributed by atoms with van der Waals surface area (Å²) in [5, 5.41) is 0. The van der Waals surface area contributed by atoms with E-state index in [9.17, 15) is 9.59 Å². The molecule has 1 saturated carbocycles.